The lowest BCUT2D eigenvalue weighted by Crippen LogP contribution is -1.91. The van der Waals surface area contributed by atoms with Gasteiger partial charge in [0, 0.05) is 28.2 Å². The number of oxazole rings is 1. The number of hydrogen-bond donors (Lipinski definition) is 2. The normalized spacial score (nSPS) is 11.0. The molecular formula is C20H15N5O2. The lowest BCUT2D eigenvalue weighted by Gasteiger charge is -1.99. The lowest BCUT2D eigenvalue weighted by atomic mass is 10.2. The van der Waals surface area contributed by atoms with E-state index in [9.17, 15) is 5.26 Å². The number of methoxy groups -OCH3 is 1. The number of anilines is 1. The number of rotatable bonds is 5. The van der Waals surface area contributed by atoms with Crippen molar-refractivity contribution in [3.63, 3.8) is 0 Å². The van der Waals surface area contributed by atoms with Crippen molar-refractivity contribution in [3.05, 3.63) is 66.0 Å². The second-order valence-electron chi connectivity index (χ2n) is 5.70. The first-order chi connectivity index (χ1) is 13.3. The van der Waals surface area contributed by atoms with Crippen LogP contribution in [0.15, 0.2) is 64.2 Å². The van der Waals surface area contributed by atoms with E-state index in [0.29, 0.717) is 5.89 Å². The molecule has 0 unspecified atom stereocenters. The molecule has 132 valence electrons. The van der Waals surface area contributed by atoms with Crippen molar-refractivity contribution in [2.45, 2.75) is 0 Å². The summed E-state index contributed by atoms with van der Waals surface area (Å²) in [7, 11) is 1.60. The summed E-state index contributed by atoms with van der Waals surface area (Å²) >= 11 is 0. The molecule has 0 amide bonds. The van der Waals surface area contributed by atoms with E-state index in [0.717, 1.165) is 27.8 Å². The lowest BCUT2D eigenvalue weighted by molar-refractivity contribution is 0.415. The smallest absolute Gasteiger partial charge is 0.252 e. The maximum absolute atomic E-state index is 9.30. The Morgan fingerprint density at radius 1 is 1.22 bits per heavy atom. The fourth-order valence-corrected chi connectivity index (χ4v) is 2.69. The van der Waals surface area contributed by atoms with Gasteiger partial charge in [0.25, 0.3) is 5.88 Å². The Bertz CT molecular complexity index is 1150. The molecule has 0 radical (unpaired) electrons. The molecule has 7 nitrogen and oxygen atoms in total. The second-order valence-corrected chi connectivity index (χ2v) is 5.70. The van der Waals surface area contributed by atoms with Crippen molar-refractivity contribution in [1.29, 1.82) is 5.26 Å². The fourth-order valence-electron chi connectivity index (χ4n) is 2.69. The largest absolute Gasteiger partial charge is 0.497 e. The predicted molar refractivity (Wildman–Crippen MR) is 103 cm³/mol. The maximum atomic E-state index is 9.30. The Morgan fingerprint density at radius 3 is 2.81 bits per heavy atom. The Morgan fingerprint density at radius 2 is 2.04 bits per heavy atom. The molecule has 0 saturated heterocycles. The Hall–Kier alpha value is -4.05. The van der Waals surface area contributed by atoms with Crippen LogP contribution >= 0.6 is 0 Å². The first-order valence-electron chi connectivity index (χ1n) is 8.19. The average molecular weight is 357 g/mol. The molecule has 2 aromatic heterocycles. The Labute approximate surface area is 154 Å². The molecule has 0 spiro atoms. The number of aromatic nitrogens is 2. The fraction of sp³-hybridized carbons (Fsp3) is 0.0500. The summed E-state index contributed by atoms with van der Waals surface area (Å²) in [5.41, 5.74) is 5.58. The first-order valence-corrected chi connectivity index (χ1v) is 8.19. The molecule has 2 N–H and O–H groups in total. The minimum Gasteiger partial charge on any atom is -0.497 e. The Kier molecular flexibility index (Phi) is 4.29. The van der Waals surface area contributed by atoms with Crippen molar-refractivity contribution < 1.29 is 9.15 Å². The van der Waals surface area contributed by atoms with Crippen LogP contribution in [-0.2, 0) is 0 Å². The monoisotopic (exact) mass is 357 g/mol. The van der Waals surface area contributed by atoms with Gasteiger partial charge in [0.05, 0.1) is 13.3 Å². The van der Waals surface area contributed by atoms with Gasteiger partial charge in [-0.05, 0) is 30.3 Å². The number of hydrazone groups is 1. The molecule has 0 aliphatic carbocycles. The number of benzene rings is 2. The van der Waals surface area contributed by atoms with Crippen molar-refractivity contribution in [1.82, 2.24) is 9.97 Å². The SMILES string of the molecule is COc1ccc(-c2nc(C#N)c(N/N=C/c3c[nH]c4ccccc34)o2)cc1. The minimum atomic E-state index is 0.136. The van der Waals surface area contributed by atoms with Crippen molar-refractivity contribution in [2.75, 3.05) is 12.5 Å². The van der Waals surface area contributed by atoms with Gasteiger partial charge >= 0.3 is 0 Å². The summed E-state index contributed by atoms with van der Waals surface area (Å²) in [6.45, 7) is 0. The number of fused-ring (bicyclic) bond motifs is 1. The van der Waals surface area contributed by atoms with E-state index in [1.54, 1.807) is 25.5 Å². The van der Waals surface area contributed by atoms with Crippen LogP contribution in [-0.4, -0.2) is 23.3 Å². The van der Waals surface area contributed by atoms with Crippen LogP contribution in [0.25, 0.3) is 22.4 Å². The zero-order valence-electron chi connectivity index (χ0n) is 14.4. The third-order valence-electron chi connectivity index (χ3n) is 4.06. The van der Waals surface area contributed by atoms with Crippen LogP contribution in [0, 0.1) is 11.3 Å². The van der Waals surface area contributed by atoms with E-state index in [1.165, 1.54) is 0 Å². The standard InChI is InChI=1S/C20H15N5O2/c1-26-15-8-6-13(7-9-15)19-24-18(10-21)20(27-19)25-23-12-14-11-22-17-5-3-2-4-16(14)17/h2-9,11-12,22,25H,1H3/b23-12+. The molecule has 0 aliphatic heterocycles. The highest BCUT2D eigenvalue weighted by molar-refractivity contribution is 5.99. The molecular weight excluding hydrogens is 342 g/mol. The predicted octanol–water partition coefficient (Wildman–Crippen LogP) is 4.15. The van der Waals surface area contributed by atoms with Gasteiger partial charge in [-0.3, -0.25) is 0 Å². The van der Waals surface area contributed by atoms with Gasteiger partial charge in [0.2, 0.25) is 11.6 Å². The number of hydrogen-bond acceptors (Lipinski definition) is 6. The van der Waals surface area contributed by atoms with E-state index >= 15 is 0 Å². The zero-order chi connectivity index (χ0) is 18.6. The van der Waals surface area contributed by atoms with Crippen LogP contribution in [0.4, 0.5) is 5.88 Å². The van der Waals surface area contributed by atoms with Gasteiger partial charge in [-0.25, -0.2) is 5.43 Å². The van der Waals surface area contributed by atoms with Crippen LogP contribution in [0.2, 0.25) is 0 Å². The van der Waals surface area contributed by atoms with Gasteiger partial charge in [-0.1, -0.05) is 18.2 Å². The summed E-state index contributed by atoms with van der Waals surface area (Å²) in [6.07, 6.45) is 3.53. The van der Waals surface area contributed by atoms with Gasteiger partial charge < -0.3 is 14.1 Å². The summed E-state index contributed by atoms with van der Waals surface area (Å²) in [6, 6.07) is 17.2. The number of para-hydroxylation sites is 1. The number of nitrogens with one attached hydrogen (secondary N) is 2. The van der Waals surface area contributed by atoms with E-state index in [-0.39, 0.29) is 11.6 Å². The summed E-state index contributed by atoms with van der Waals surface area (Å²) in [5, 5.41) is 14.5. The van der Waals surface area contributed by atoms with Crippen molar-refractivity contribution >= 4 is 23.0 Å². The number of nitriles is 1. The van der Waals surface area contributed by atoms with Crippen LogP contribution in [0.5, 0.6) is 5.75 Å². The second kappa shape index (κ2) is 7.06. The molecule has 0 aliphatic rings. The van der Waals surface area contributed by atoms with E-state index in [2.05, 4.69) is 20.5 Å². The van der Waals surface area contributed by atoms with Gasteiger partial charge in [0.15, 0.2) is 0 Å². The highest BCUT2D eigenvalue weighted by Gasteiger charge is 2.14. The quantitative estimate of drug-likeness (QED) is 0.413. The van der Waals surface area contributed by atoms with Gasteiger partial charge in [-0.15, -0.1) is 0 Å². The number of nitrogens with zero attached hydrogens (tertiary/aromatic N) is 3. The number of H-pyrrole nitrogens is 1. The van der Waals surface area contributed by atoms with Gasteiger partial charge in [0.1, 0.15) is 11.8 Å². The Balaban J connectivity index is 1.56. The molecule has 27 heavy (non-hydrogen) atoms. The summed E-state index contributed by atoms with van der Waals surface area (Å²) < 4.78 is 10.8. The molecule has 7 heteroatoms. The highest BCUT2D eigenvalue weighted by atomic mass is 16.5. The summed E-state index contributed by atoms with van der Waals surface area (Å²) in [4.78, 5) is 7.39. The summed E-state index contributed by atoms with van der Waals surface area (Å²) in [5.74, 6) is 1.26. The first kappa shape index (κ1) is 16.4. The van der Waals surface area contributed by atoms with Crippen molar-refractivity contribution in [3.8, 4) is 23.3 Å². The number of ether oxygens (including phenoxy) is 1. The van der Waals surface area contributed by atoms with Crippen molar-refractivity contribution in [2.24, 2.45) is 5.10 Å². The number of aromatic amines is 1. The third-order valence-corrected chi connectivity index (χ3v) is 4.06. The maximum Gasteiger partial charge on any atom is 0.252 e. The highest BCUT2D eigenvalue weighted by Crippen LogP contribution is 2.27. The molecule has 0 atom stereocenters. The van der Waals surface area contributed by atoms with Crippen LogP contribution in [0.1, 0.15) is 11.3 Å². The minimum absolute atomic E-state index is 0.136. The molecule has 2 heterocycles. The molecule has 2 aromatic carbocycles. The molecule has 0 fully saturated rings. The van der Waals surface area contributed by atoms with Crippen LogP contribution < -0.4 is 10.2 Å². The zero-order valence-corrected chi connectivity index (χ0v) is 14.4. The topological polar surface area (TPSA) is 99.2 Å². The van der Waals surface area contributed by atoms with Gasteiger partial charge in [-0.2, -0.15) is 15.3 Å². The van der Waals surface area contributed by atoms with E-state index < -0.39 is 0 Å². The van der Waals surface area contributed by atoms with E-state index in [4.69, 9.17) is 9.15 Å². The molecule has 4 rings (SSSR count). The van der Waals surface area contributed by atoms with E-state index in [1.807, 2.05) is 48.7 Å². The molecule has 0 saturated carbocycles. The average Bonchev–Trinajstić information content (AvgIpc) is 3.32. The molecule has 4 aromatic rings. The molecule has 0 bridgehead atoms. The van der Waals surface area contributed by atoms with Crippen LogP contribution in [0.3, 0.4) is 0 Å². The third kappa shape index (κ3) is 3.24.